The van der Waals surface area contributed by atoms with E-state index in [1.54, 1.807) is 27.7 Å². The summed E-state index contributed by atoms with van der Waals surface area (Å²) in [7, 11) is 0. The second-order valence-corrected chi connectivity index (χ2v) is 11.2. The molecule has 5 heterocycles. The number of carbonyl (C=O) groups is 1. The maximum Gasteiger partial charge on any atom is 0.351 e. The molecule has 6 rings (SSSR count). The molecule has 2 saturated heterocycles. The monoisotopic (exact) mass is 553 g/mol. The van der Waals surface area contributed by atoms with Crippen LogP contribution in [0.15, 0.2) is 41.7 Å². The van der Waals surface area contributed by atoms with Crippen LogP contribution in [0.2, 0.25) is 5.02 Å². The number of piperazine rings is 1. The fourth-order valence-electron chi connectivity index (χ4n) is 5.93. The molecule has 0 saturated carbocycles. The van der Waals surface area contributed by atoms with Crippen molar-refractivity contribution in [2.75, 3.05) is 44.4 Å². The van der Waals surface area contributed by atoms with Gasteiger partial charge < -0.3 is 19.3 Å². The highest BCUT2D eigenvalue weighted by Crippen LogP contribution is 2.47. The number of fused-ring (bicyclic) bond motifs is 2. The van der Waals surface area contributed by atoms with Gasteiger partial charge in [0, 0.05) is 43.3 Å². The first-order valence-corrected chi connectivity index (χ1v) is 13.4. The predicted molar refractivity (Wildman–Crippen MR) is 146 cm³/mol. The molecule has 0 bridgehead atoms. The van der Waals surface area contributed by atoms with Crippen LogP contribution in [0.25, 0.3) is 22.3 Å². The molecule has 0 radical (unpaired) electrons. The molecule has 3 aliphatic heterocycles. The quantitative estimate of drug-likeness (QED) is 0.455. The number of ether oxygens (including phenoxy) is 2. The van der Waals surface area contributed by atoms with Gasteiger partial charge in [-0.25, -0.2) is 14.2 Å². The standard InChI is InChI=1S/C28H29ClFN5O4/c1-4-20(36)33-10-11-34-16(13-33)14-39-24-21-25(34)32-27(37)35(19-9-12-38-15-28(19,2)3)26(21)31-23(22(24)29)17-7-5-6-8-18(17)30/h4-8,16,19H,1,9-15H2,2-3H3/t16-,19-/m1/s1. The van der Waals surface area contributed by atoms with Crippen molar-refractivity contribution in [3.05, 3.63) is 58.2 Å². The Kier molecular flexibility index (Phi) is 6.34. The van der Waals surface area contributed by atoms with Crippen LogP contribution in [0.4, 0.5) is 10.2 Å². The van der Waals surface area contributed by atoms with Crippen molar-refractivity contribution in [2.45, 2.75) is 32.4 Å². The molecule has 39 heavy (non-hydrogen) atoms. The van der Waals surface area contributed by atoms with Crippen molar-refractivity contribution in [1.29, 1.82) is 0 Å². The lowest BCUT2D eigenvalue weighted by Crippen LogP contribution is -2.57. The van der Waals surface area contributed by atoms with E-state index in [4.69, 9.17) is 26.1 Å². The van der Waals surface area contributed by atoms with Gasteiger partial charge >= 0.3 is 5.69 Å². The Morgan fingerprint density at radius 3 is 2.79 bits per heavy atom. The lowest BCUT2D eigenvalue weighted by atomic mass is 9.81. The molecule has 3 aromatic rings. The Morgan fingerprint density at radius 2 is 2.05 bits per heavy atom. The molecule has 0 unspecified atom stereocenters. The van der Waals surface area contributed by atoms with Crippen LogP contribution in [0.3, 0.4) is 0 Å². The molecule has 0 spiro atoms. The Hall–Kier alpha value is -3.50. The van der Waals surface area contributed by atoms with E-state index >= 15 is 4.39 Å². The Balaban J connectivity index is 1.63. The summed E-state index contributed by atoms with van der Waals surface area (Å²) in [5.41, 5.74) is -0.109. The van der Waals surface area contributed by atoms with Gasteiger partial charge in [-0.1, -0.05) is 44.2 Å². The van der Waals surface area contributed by atoms with Crippen LogP contribution in [-0.4, -0.2) is 70.8 Å². The predicted octanol–water partition coefficient (Wildman–Crippen LogP) is 3.83. The largest absolute Gasteiger partial charge is 0.489 e. The van der Waals surface area contributed by atoms with E-state index in [1.165, 1.54) is 12.1 Å². The first kappa shape index (κ1) is 25.8. The van der Waals surface area contributed by atoms with Gasteiger partial charge in [-0.3, -0.25) is 9.36 Å². The molecule has 2 atom stereocenters. The fourth-order valence-corrected chi connectivity index (χ4v) is 6.23. The maximum absolute atomic E-state index is 15.0. The third-order valence-electron chi connectivity index (χ3n) is 7.95. The van der Waals surface area contributed by atoms with Crippen molar-refractivity contribution in [1.82, 2.24) is 19.4 Å². The molecule has 2 fully saturated rings. The molecule has 0 aliphatic carbocycles. The molecule has 11 heteroatoms. The number of amides is 1. The summed E-state index contributed by atoms with van der Waals surface area (Å²) in [6, 6.07) is 5.69. The molecular formula is C28H29ClFN5O4. The summed E-state index contributed by atoms with van der Waals surface area (Å²) >= 11 is 6.92. The zero-order valence-corrected chi connectivity index (χ0v) is 22.6. The van der Waals surface area contributed by atoms with Crippen molar-refractivity contribution < 1.29 is 18.7 Å². The van der Waals surface area contributed by atoms with Crippen molar-refractivity contribution >= 4 is 34.4 Å². The average Bonchev–Trinajstić information content (AvgIpc) is 3.08. The van der Waals surface area contributed by atoms with E-state index in [9.17, 15) is 9.59 Å². The minimum absolute atomic E-state index is 0.144. The summed E-state index contributed by atoms with van der Waals surface area (Å²) in [6.45, 7) is 10.1. The summed E-state index contributed by atoms with van der Waals surface area (Å²) in [4.78, 5) is 39.4. The first-order valence-electron chi connectivity index (χ1n) is 13.0. The van der Waals surface area contributed by atoms with E-state index in [-0.39, 0.29) is 40.9 Å². The highest BCUT2D eigenvalue weighted by Gasteiger charge is 2.40. The number of benzene rings is 1. The van der Waals surface area contributed by atoms with Gasteiger partial charge in [0.1, 0.15) is 28.7 Å². The van der Waals surface area contributed by atoms with Crippen molar-refractivity contribution in [3.8, 4) is 17.0 Å². The van der Waals surface area contributed by atoms with E-state index in [0.29, 0.717) is 61.9 Å². The number of hydrogen-bond donors (Lipinski definition) is 0. The maximum atomic E-state index is 15.0. The van der Waals surface area contributed by atoms with E-state index in [2.05, 4.69) is 11.6 Å². The van der Waals surface area contributed by atoms with Crippen LogP contribution in [0, 0.1) is 11.2 Å². The number of anilines is 1. The molecule has 2 aromatic heterocycles. The second kappa shape index (κ2) is 9.60. The summed E-state index contributed by atoms with van der Waals surface area (Å²) in [5.74, 6) is 0.0525. The number of carbonyl (C=O) groups excluding carboxylic acids is 1. The van der Waals surface area contributed by atoms with E-state index in [0.717, 1.165) is 0 Å². The third-order valence-corrected chi connectivity index (χ3v) is 8.30. The zero-order valence-electron chi connectivity index (χ0n) is 21.8. The fraction of sp³-hybridized carbons (Fsp3) is 0.429. The second-order valence-electron chi connectivity index (χ2n) is 10.9. The number of hydrogen-bond acceptors (Lipinski definition) is 7. The summed E-state index contributed by atoms with van der Waals surface area (Å²) < 4.78 is 28.7. The minimum Gasteiger partial charge on any atom is -0.489 e. The first-order chi connectivity index (χ1) is 18.7. The van der Waals surface area contributed by atoms with Gasteiger partial charge in [-0.2, -0.15) is 4.98 Å². The normalized spacial score (nSPS) is 22.2. The van der Waals surface area contributed by atoms with Gasteiger partial charge in [0.2, 0.25) is 5.91 Å². The van der Waals surface area contributed by atoms with Crippen molar-refractivity contribution in [3.63, 3.8) is 0 Å². The van der Waals surface area contributed by atoms with Crippen molar-refractivity contribution in [2.24, 2.45) is 5.41 Å². The number of halogens is 2. The minimum atomic E-state index is -0.488. The van der Waals surface area contributed by atoms with Crippen LogP contribution in [-0.2, 0) is 9.53 Å². The van der Waals surface area contributed by atoms with Gasteiger partial charge in [-0.15, -0.1) is 0 Å². The Morgan fingerprint density at radius 1 is 1.26 bits per heavy atom. The molecule has 1 aromatic carbocycles. The third kappa shape index (κ3) is 4.17. The highest BCUT2D eigenvalue weighted by atomic mass is 35.5. The zero-order chi connectivity index (χ0) is 27.5. The molecule has 204 valence electrons. The SMILES string of the molecule is C=CC(=O)N1CCN2c3nc(=O)n([C@@H]4CCOCC4(C)C)c4nc(-c5ccccc5F)c(Cl)c(c34)OC[C@H]2C1. The molecular weight excluding hydrogens is 525 g/mol. The van der Waals surface area contributed by atoms with Gasteiger partial charge in [0.25, 0.3) is 0 Å². The van der Waals surface area contributed by atoms with Crippen LogP contribution in [0.1, 0.15) is 26.3 Å². The molecule has 3 aliphatic rings. The number of nitrogens with zero attached hydrogens (tertiary/aromatic N) is 5. The average molecular weight is 554 g/mol. The molecule has 1 amide bonds. The Bertz CT molecular complexity index is 1560. The Labute approximate surface area is 229 Å². The van der Waals surface area contributed by atoms with Crippen LogP contribution in [0.5, 0.6) is 5.75 Å². The van der Waals surface area contributed by atoms with Gasteiger partial charge in [0.05, 0.1) is 18.3 Å². The summed E-state index contributed by atoms with van der Waals surface area (Å²) in [6.07, 6.45) is 1.88. The summed E-state index contributed by atoms with van der Waals surface area (Å²) in [5, 5.41) is 0.652. The lowest BCUT2D eigenvalue weighted by molar-refractivity contribution is -0.126. The van der Waals surface area contributed by atoms with Crippen LogP contribution >= 0.6 is 11.6 Å². The lowest BCUT2D eigenvalue weighted by Gasteiger charge is -2.41. The number of aromatic nitrogens is 3. The van der Waals surface area contributed by atoms with Crippen LogP contribution < -0.4 is 15.3 Å². The molecule has 0 N–H and O–H groups in total. The van der Waals surface area contributed by atoms with Gasteiger partial charge in [0.15, 0.2) is 11.4 Å². The smallest absolute Gasteiger partial charge is 0.351 e. The highest BCUT2D eigenvalue weighted by molar-refractivity contribution is 6.36. The van der Waals surface area contributed by atoms with E-state index < -0.39 is 16.9 Å². The van der Waals surface area contributed by atoms with E-state index in [1.807, 2.05) is 18.7 Å². The number of pyridine rings is 1. The molecule has 9 nitrogen and oxygen atoms in total. The van der Waals surface area contributed by atoms with Gasteiger partial charge in [-0.05, 0) is 24.6 Å². The topological polar surface area (TPSA) is 89.8 Å². The number of rotatable bonds is 3.